The first kappa shape index (κ1) is 10.4. The quantitative estimate of drug-likeness (QED) is 0.585. The average Bonchev–Trinajstić information content (AvgIpc) is 2.81. The van der Waals surface area contributed by atoms with Crippen LogP contribution in [0.15, 0.2) is 42.7 Å². The van der Waals surface area contributed by atoms with Gasteiger partial charge in [0.1, 0.15) is 0 Å². The van der Waals surface area contributed by atoms with Crippen molar-refractivity contribution in [2.45, 2.75) is 13.3 Å². The molecule has 0 aliphatic carbocycles. The summed E-state index contributed by atoms with van der Waals surface area (Å²) in [5.74, 6) is 0. The Labute approximate surface area is 93.3 Å². The smallest absolute Gasteiger partial charge is 0.269 e. The van der Waals surface area contributed by atoms with Crippen LogP contribution < -0.4 is 0 Å². The lowest BCUT2D eigenvalue weighted by molar-refractivity contribution is -0.384. The van der Waals surface area contributed by atoms with Crippen molar-refractivity contribution in [2.24, 2.45) is 0 Å². The van der Waals surface area contributed by atoms with Gasteiger partial charge in [0.2, 0.25) is 0 Å². The van der Waals surface area contributed by atoms with E-state index in [-0.39, 0.29) is 10.6 Å². The van der Waals surface area contributed by atoms with Gasteiger partial charge in [0, 0.05) is 30.2 Å². The van der Waals surface area contributed by atoms with Gasteiger partial charge >= 0.3 is 0 Å². The highest BCUT2D eigenvalue weighted by atomic mass is 16.6. The fraction of sp³-hybridized carbons (Fsp3) is 0.167. The molecule has 0 saturated heterocycles. The number of hydrogen-bond donors (Lipinski definition) is 0. The van der Waals surface area contributed by atoms with E-state index >= 15 is 0 Å². The number of nitro benzene ring substituents is 1. The van der Waals surface area contributed by atoms with Gasteiger partial charge in [-0.05, 0) is 30.2 Å². The van der Waals surface area contributed by atoms with Crippen molar-refractivity contribution in [1.29, 1.82) is 0 Å². The SMILES string of the molecule is CCc1cc([N+](=O)[O-])ccc1-n1cccc1. The molecular weight excluding hydrogens is 204 g/mol. The lowest BCUT2D eigenvalue weighted by atomic mass is 10.1. The Balaban J connectivity index is 2.51. The van der Waals surface area contributed by atoms with Gasteiger partial charge < -0.3 is 4.57 Å². The highest BCUT2D eigenvalue weighted by Crippen LogP contribution is 2.21. The number of non-ortho nitro benzene ring substituents is 1. The first-order chi connectivity index (χ1) is 7.72. The molecule has 1 heterocycles. The molecule has 0 aliphatic heterocycles. The van der Waals surface area contributed by atoms with Gasteiger partial charge in [-0.1, -0.05) is 6.92 Å². The predicted octanol–water partition coefficient (Wildman–Crippen LogP) is 2.95. The minimum Gasteiger partial charge on any atom is -0.324 e. The lowest BCUT2D eigenvalue weighted by Gasteiger charge is -2.08. The molecule has 0 fully saturated rings. The van der Waals surface area contributed by atoms with Crippen LogP contribution in [0.25, 0.3) is 5.69 Å². The van der Waals surface area contributed by atoms with Crippen LogP contribution in [-0.2, 0) is 6.42 Å². The van der Waals surface area contributed by atoms with Crippen molar-refractivity contribution in [3.05, 3.63) is 58.4 Å². The summed E-state index contributed by atoms with van der Waals surface area (Å²) in [7, 11) is 0. The minimum atomic E-state index is -0.363. The van der Waals surface area contributed by atoms with E-state index in [1.54, 1.807) is 12.1 Å². The monoisotopic (exact) mass is 216 g/mol. The Morgan fingerprint density at radius 3 is 2.56 bits per heavy atom. The zero-order chi connectivity index (χ0) is 11.5. The fourth-order valence-electron chi connectivity index (χ4n) is 1.72. The second-order valence-corrected chi connectivity index (χ2v) is 3.51. The lowest BCUT2D eigenvalue weighted by Crippen LogP contribution is -1.98. The molecule has 0 atom stereocenters. The molecule has 4 heteroatoms. The maximum Gasteiger partial charge on any atom is 0.269 e. The number of nitrogens with zero attached hydrogens (tertiary/aromatic N) is 2. The maximum absolute atomic E-state index is 10.7. The number of benzene rings is 1. The van der Waals surface area contributed by atoms with Gasteiger partial charge in [0.15, 0.2) is 0 Å². The Morgan fingerprint density at radius 1 is 1.31 bits per heavy atom. The first-order valence-electron chi connectivity index (χ1n) is 5.13. The van der Waals surface area contributed by atoms with E-state index in [2.05, 4.69) is 0 Å². The highest BCUT2D eigenvalue weighted by molar-refractivity contribution is 5.48. The Hall–Kier alpha value is -2.10. The van der Waals surface area contributed by atoms with E-state index in [9.17, 15) is 10.1 Å². The van der Waals surface area contributed by atoms with Crippen molar-refractivity contribution in [3.63, 3.8) is 0 Å². The van der Waals surface area contributed by atoms with Crippen LogP contribution in [-0.4, -0.2) is 9.49 Å². The van der Waals surface area contributed by atoms with Crippen molar-refractivity contribution < 1.29 is 4.92 Å². The summed E-state index contributed by atoms with van der Waals surface area (Å²) in [5.41, 5.74) is 2.12. The van der Waals surface area contributed by atoms with Crippen LogP contribution in [0.4, 0.5) is 5.69 Å². The van der Waals surface area contributed by atoms with E-state index < -0.39 is 0 Å². The second kappa shape index (κ2) is 4.18. The van der Waals surface area contributed by atoms with Crippen LogP contribution in [0.3, 0.4) is 0 Å². The molecule has 0 saturated carbocycles. The number of aryl methyl sites for hydroxylation is 1. The topological polar surface area (TPSA) is 48.1 Å². The van der Waals surface area contributed by atoms with Crippen molar-refractivity contribution in [3.8, 4) is 5.69 Å². The third-order valence-electron chi connectivity index (χ3n) is 2.54. The van der Waals surface area contributed by atoms with E-state index in [4.69, 9.17) is 0 Å². The third-order valence-corrected chi connectivity index (χ3v) is 2.54. The van der Waals surface area contributed by atoms with Gasteiger partial charge in [-0.15, -0.1) is 0 Å². The molecule has 0 aliphatic rings. The maximum atomic E-state index is 10.7. The second-order valence-electron chi connectivity index (χ2n) is 3.51. The van der Waals surface area contributed by atoms with E-state index in [1.807, 2.05) is 36.0 Å². The van der Waals surface area contributed by atoms with Crippen molar-refractivity contribution in [1.82, 2.24) is 4.57 Å². The van der Waals surface area contributed by atoms with Gasteiger partial charge in [0.05, 0.1) is 4.92 Å². The van der Waals surface area contributed by atoms with E-state index in [0.717, 1.165) is 17.7 Å². The molecule has 82 valence electrons. The molecule has 0 N–H and O–H groups in total. The van der Waals surface area contributed by atoms with Crippen molar-refractivity contribution in [2.75, 3.05) is 0 Å². The largest absolute Gasteiger partial charge is 0.324 e. The van der Waals surface area contributed by atoms with E-state index in [0.29, 0.717) is 0 Å². The molecule has 4 nitrogen and oxygen atoms in total. The summed E-state index contributed by atoms with van der Waals surface area (Å²) in [5, 5.41) is 10.7. The summed E-state index contributed by atoms with van der Waals surface area (Å²) >= 11 is 0. The normalized spacial score (nSPS) is 10.3. The number of rotatable bonds is 3. The molecule has 0 spiro atoms. The van der Waals surface area contributed by atoms with Gasteiger partial charge in [-0.25, -0.2) is 0 Å². The van der Waals surface area contributed by atoms with Gasteiger partial charge in [0.25, 0.3) is 5.69 Å². The zero-order valence-electron chi connectivity index (χ0n) is 8.96. The van der Waals surface area contributed by atoms with E-state index in [1.165, 1.54) is 6.07 Å². The standard InChI is InChI=1S/C12H12N2O2/c1-2-10-9-11(14(15)16)5-6-12(10)13-7-3-4-8-13/h3-9H,2H2,1H3. The molecule has 1 aromatic carbocycles. The Morgan fingerprint density at radius 2 is 2.00 bits per heavy atom. The van der Waals surface area contributed by atoms with Crippen LogP contribution in [0.5, 0.6) is 0 Å². The third kappa shape index (κ3) is 1.82. The summed E-state index contributed by atoms with van der Waals surface area (Å²) in [6.07, 6.45) is 4.63. The van der Waals surface area contributed by atoms with Crippen LogP contribution in [0, 0.1) is 10.1 Å². The average molecular weight is 216 g/mol. The number of hydrogen-bond acceptors (Lipinski definition) is 2. The number of aromatic nitrogens is 1. The van der Waals surface area contributed by atoms with Crippen LogP contribution >= 0.6 is 0 Å². The Bertz CT molecular complexity index is 504. The van der Waals surface area contributed by atoms with Crippen molar-refractivity contribution >= 4 is 5.69 Å². The molecular formula is C12H12N2O2. The fourth-order valence-corrected chi connectivity index (χ4v) is 1.72. The molecule has 2 aromatic rings. The molecule has 0 unspecified atom stereocenters. The summed E-state index contributed by atoms with van der Waals surface area (Å²) < 4.78 is 1.96. The van der Waals surface area contributed by atoms with Crippen LogP contribution in [0.1, 0.15) is 12.5 Å². The molecule has 16 heavy (non-hydrogen) atoms. The zero-order valence-corrected chi connectivity index (χ0v) is 8.96. The minimum absolute atomic E-state index is 0.146. The summed E-state index contributed by atoms with van der Waals surface area (Å²) in [6.45, 7) is 1.99. The molecule has 0 amide bonds. The highest BCUT2D eigenvalue weighted by Gasteiger charge is 2.10. The molecule has 0 bridgehead atoms. The Kier molecular flexibility index (Phi) is 2.72. The molecule has 1 aromatic heterocycles. The number of nitro groups is 1. The first-order valence-corrected chi connectivity index (χ1v) is 5.13. The molecule has 0 radical (unpaired) electrons. The predicted molar refractivity (Wildman–Crippen MR) is 61.8 cm³/mol. The van der Waals surface area contributed by atoms with Gasteiger partial charge in [-0.3, -0.25) is 10.1 Å². The molecule has 2 rings (SSSR count). The summed E-state index contributed by atoms with van der Waals surface area (Å²) in [4.78, 5) is 10.3. The summed E-state index contributed by atoms with van der Waals surface area (Å²) in [6, 6.07) is 8.82. The van der Waals surface area contributed by atoms with Crippen LogP contribution in [0.2, 0.25) is 0 Å². The van der Waals surface area contributed by atoms with Gasteiger partial charge in [-0.2, -0.15) is 0 Å².